The smallest absolute Gasteiger partial charge is 0.0696 e. The van der Waals surface area contributed by atoms with Crippen LogP contribution < -0.4 is 5.32 Å². The summed E-state index contributed by atoms with van der Waals surface area (Å²) in [6, 6.07) is 0. The highest BCUT2D eigenvalue weighted by molar-refractivity contribution is 4.57. The molecule has 0 fully saturated rings. The van der Waals surface area contributed by atoms with E-state index < -0.39 is 0 Å². The van der Waals surface area contributed by atoms with E-state index >= 15 is 0 Å². The van der Waals surface area contributed by atoms with Crippen molar-refractivity contribution in [3.05, 3.63) is 0 Å². The van der Waals surface area contributed by atoms with E-state index in [2.05, 4.69) is 31.2 Å². The van der Waals surface area contributed by atoms with Gasteiger partial charge < -0.3 is 15.0 Å². The lowest BCUT2D eigenvalue weighted by atomic mass is 10.3. The van der Waals surface area contributed by atoms with Gasteiger partial charge in [-0.25, -0.2) is 0 Å². The third kappa shape index (κ3) is 8.22. The highest BCUT2D eigenvalue weighted by Crippen LogP contribution is 1.97. The van der Waals surface area contributed by atoms with Crippen molar-refractivity contribution in [2.45, 2.75) is 25.9 Å². The second-order valence-corrected chi connectivity index (χ2v) is 3.62. The number of ether oxygens (including phenoxy) is 1. The normalized spacial score (nSPS) is 13.6. The zero-order valence-corrected chi connectivity index (χ0v) is 9.47. The first-order valence-electron chi connectivity index (χ1n) is 5.11. The van der Waals surface area contributed by atoms with E-state index in [-0.39, 0.29) is 0 Å². The Bertz CT molecular complexity index is 107. The molecule has 0 saturated heterocycles. The maximum Gasteiger partial charge on any atom is 0.0696 e. The molecule has 3 nitrogen and oxygen atoms in total. The summed E-state index contributed by atoms with van der Waals surface area (Å²) in [6.45, 7) is 5.10. The van der Waals surface area contributed by atoms with Crippen molar-refractivity contribution in [2.75, 3.05) is 40.8 Å². The first kappa shape index (κ1) is 12.9. The number of hydrogen-bond acceptors (Lipinski definition) is 3. The molecule has 0 radical (unpaired) electrons. The average molecular weight is 188 g/mol. The predicted octanol–water partition coefficient (Wildman–Crippen LogP) is 0.953. The van der Waals surface area contributed by atoms with Crippen molar-refractivity contribution < 1.29 is 4.74 Å². The summed E-state index contributed by atoms with van der Waals surface area (Å²) in [6.07, 6.45) is 2.59. The molecule has 3 heteroatoms. The molecule has 0 aromatic carbocycles. The largest absolute Gasteiger partial charge is 0.377 e. The molecule has 0 aliphatic carbocycles. The van der Waals surface area contributed by atoms with Gasteiger partial charge in [-0.3, -0.25) is 0 Å². The molecule has 0 heterocycles. The zero-order valence-electron chi connectivity index (χ0n) is 9.47. The van der Waals surface area contributed by atoms with Crippen LogP contribution in [0.15, 0.2) is 0 Å². The lowest BCUT2D eigenvalue weighted by molar-refractivity contribution is 0.0477. The van der Waals surface area contributed by atoms with Crippen LogP contribution in [0.25, 0.3) is 0 Å². The van der Waals surface area contributed by atoms with Crippen molar-refractivity contribution in [1.82, 2.24) is 10.2 Å². The van der Waals surface area contributed by atoms with E-state index in [0.717, 1.165) is 32.5 Å². The fraction of sp³-hybridized carbons (Fsp3) is 1.00. The molecule has 1 atom stereocenters. The molecule has 0 saturated carbocycles. The molecule has 1 unspecified atom stereocenters. The van der Waals surface area contributed by atoms with E-state index in [1.165, 1.54) is 0 Å². The van der Waals surface area contributed by atoms with Gasteiger partial charge in [-0.2, -0.15) is 0 Å². The molecule has 0 aliphatic heterocycles. The molecule has 0 aromatic rings. The van der Waals surface area contributed by atoms with Gasteiger partial charge in [0.05, 0.1) is 6.10 Å². The Kier molecular flexibility index (Phi) is 8.40. The van der Waals surface area contributed by atoms with Gasteiger partial charge in [-0.05, 0) is 40.5 Å². The van der Waals surface area contributed by atoms with Gasteiger partial charge >= 0.3 is 0 Å². The SMILES string of the molecule is CCC(CNC)OCCCN(C)C. The summed E-state index contributed by atoms with van der Waals surface area (Å²) in [5, 5.41) is 3.13. The van der Waals surface area contributed by atoms with Crippen LogP contribution in [0.3, 0.4) is 0 Å². The van der Waals surface area contributed by atoms with Gasteiger partial charge in [0, 0.05) is 13.2 Å². The van der Waals surface area contributed by atoms with Crippen LogP contribution in [0, 0.1) is 0 Å². The van der Waals surface area contributed by atoms with E-state index in [0.29, 0.717) is 6.10 Å². The topological polar surface area (TPSA) is 24.5 Å². The zero-order chi connectivity index (χ0) is 10.1. The third-order valence-electron chi connectivity index (χ3n) is 1.99. The van der Waals surface area contributed by atoms with Crippen LogP contribution in [-0.4, -0.2) is 51.8 Å². The van der Waals surface area contributed by atoms with Gasteiger partial charge in [0.2, 0.25) is 0 Å². The molecular formula is C10H24N2O. The number of rotatable bonds is 8. The molecular weight excluding hydrogens is 164 g/mol. The minimum Gasteiger partial charge on any atom is -0.377 e. The maximum atomic E-state index is 5.69. The van der Waals surface area contributed by atoms with E-state index in [4.69, 9.17) is 4.74 Å². The first-order valence-corrected chi connectivity index (χ1v) is 5.11. The van der Waals surface area contributed by atoms with E-state index in [1.807, 2.05) is 7.05 Å². The maximum absolute atomic E-state index is 5.69. The number of nitrogens with zero attached hydrogens (tertiary/aromatic N) is 1. The lowest BCUT2D eigenvalue weighted by Gasteiger charge is -2.16. The molecule has 80 valence electrons. The predicted molar refractivity (Wildman–Crippen MR) is 57.1 cm³/mol. The van der Waals surface area contributed by atoms with Gasteiger partial charge in [0.25, 0.3) is 0 Å². The quantitative estimate of drug-likeness (QED) is 0.574. The Morgan fingerprint density at radius 1 is 1.38 bits per heavy atom. The van der Waals surface area contributed by atoms with E-state index in [1.54, 1.807) is 0 Å². The summed E-state index contributed by atoms with van der Waals surface area (Å²) in [5.41, 5.74) is 0. The molecule has 1 N–H and O–H groups in total. The van der Waals surface area contributed by atoms with Gasteiger partial charge in [0.15, 0.2) is 0 Å². The van der Waals surface area contributed by atoms with Crippen LogP contribution in [0.2, 0.25) is 0 Å². The van der Waals surface area contributed by atoms with Crippen molar-refractivity contribution in [3.8, 4) is 0 Å². The van der Waals surface area contributed by atoms with Crippen LogP contribution in [0.1, 0.15) is 19.8 Å². The second-order valence-electron chi connectivity index (χ2n) is 3.62. The summed E-state index contributed by atoms with van der Waals surface area (Å²) >= 11 is 0. The fourth-order valence-electron chi connectivity index (χ4n) is 1.18. The summed E-state index contributed by atoms with van der Waals surface area (Å²) in [5.74, 6) is 0. The molecule has 0 rings (SSSR count). The Hall–Kier alpha value is -0.120. The summed E-state index contributed by atoms with van der Waals surface area (Å²) in [4.78, 5) is 2.18. The molecule has 0 spiro atoms. The van der Waals surface area contributed by atoms with Crippen LogP contribution in [0.5, 0.6) is 0 Å². The Labute approximate surface area is 82.4 Å². The fourth-order valence-corrected chi connectivity index (χ4v) is 1.18. The molecule has 0 aliphatic rings. The molecule has 0 amide bonds. The van der Waals surface area contributed by atoms with Gasteiger partial charge in [-0.15, -0.1) is 0 Å². The monoisotopic (exact) mass is 188 g/mol. The summed E-state index contributed by atoms with van der Waals surface area (Å²) < 4.78 is 5.69. The van der Waals surface area contributed by atoms with Crippen molar-refractivity contribution in [3.63, 3.8) is 0 Å². The van der Waals surface area contributed by atoms with Crippen LogP contribution >= 0.6 is 0 Å². The Morgan fingerprint density at radius 2 is 2.08 bits per heavy atom. The highest BCUT2D eigenvalue weighted by atomic mass is 16.5. The molecule has 0 aromatic heterocycles. The first-order chi connectivity index (χ1) is 6.20. The van der Waals surface area contributed by atoms with Crippen molar-refractivity contribution in [1.29, 1.82) is 0 Å². The van der Waals surface area contributed by atoms with Crippen molar-refractivity contribution >= 4 is 0 Å². The minimum atomic E-state index is 0.382. The number of likely N-dealkylation sites (N-methyl/N-ethyl adjacent to an activating group) is 1. The summed E-state index contributed by atoms with van der Waals surface area (Å²) in [7, 11) is 6.14. The Balaban J connectivity index is 3.27. The average Bonchev–Trinajstić information content (AvgIpc) is 2.10. The standard InChI is InChI=1S/C10H24N2O/c1-5-10(9-11-2)13-8-6-7-12(3)4/h10-11H,5-9H2,1-4H3. The lowest BCUT2D eigenvalue weighted by Crippen LogP contribution is -2.27. The van der Waals surface area contributed by atoms with Gasteiger partial charge in [-0.1, -0.05) is 6.92 Å². The second kappa shape index (κ2) is 8.48. The van der Waals surface area contributed by atoms with Crippen molar-refractivity contribution in [2.24, 2.45) is 0 Å². The van der Waals surface area contributed by atoms with Gasteiger partial charge in [0.1, 0.15) is 0 Å². The molecule has 13 heavy (non-hydrogen) atoms. The van der Waals surface area contributed by atoms with Crippen LogP contribution in [0.4, 0.5) is 0 Å². The van der Waals surface area contributed by atoms with E-state index in [9.17, 15) is 0 Å². The number of nitrogens with one attached hydrogen (secondary N) is 1. The highest BCUT2D eigenvalue weighted by Gasteiger charge is 2.03. The minimum absolute atomic E-state index is 0.382. The van der Waals surface area contributed by atoms with Crippen LogP contribution in [-0.2, 0) is 4.74 Å². The Morgan fingerprint density at radius 3 is 2.54 bits per heavy atom. The number of hydrogen-bond donors (Lipinski definition) is 1. The third-order valence-corrected chi connectivity index (χ3v) is 1.99. The molecule has 0 bridgehead atoms.